The number of rotatable bonds is 3. The summed E-state index contributed by atoms with van der Waals surface area (Å²) in [4.78, 5) is 2.37. The van der Waals surface area contributed by atoms with E-state index in [0.29, 0.717) is 6.10 Å². The Morgan fingerprint density at radius 2 is 2.09 bits per heavy atom. The third-order valence-electron chi connectivity index (χ3n) is 2.02. The van der Waals surface area contributed by atoms with Crippen molar-refractivity contribution in [2.75, 3.05) is 40.0 Å². The smallest absolute Gasteiger partial charge is 0.0670 e. The summed E-state index contributed by atoms with van der Waals surface area (Å²) in [5, 5.41) is 0. The number of hydrogen-bond acceptors (Lipinski definition) is 3. The zero-order valence-electron chi connectivity index (χ0n) is 7.38. The lowest BCUT2D eigenvalue weighted by Crippen LogP contribution is -2.40. The van der Waals surface area contributed by atoms with Crippen LogP contribution in [-0.2, 0) is 9.47 Å². The van der Waals surface area contributed by atoms with Crippen molar-refractivity contribution in [2.24, 2.45) is 0 Å². The standard InChI is InChI=1S/C8H17NO2/c1-8(10-2)7-9-3-5-11-6-4-9/h8H,3-7H2,1-2H3. The average molecular weight is 159 g/mol. The molecule has 0 aromatic heterocycles. The van der Waals surface area contributed by atoms with Gasteiger partial charge in [0.15, 0.2) is 0 Å². The van der Waals surface area contributed by atoms with Crippen molar-refractivity contribution in [1.29, 1.82) is 0 Å². The van der Waals surface area contributed by atoms with E-state index in [-0.39, 0.29) is 0 Å². The molecular weight excluding hydrogens is 142 g/mol. The van der Waals surface area contributed by atoms with Crippen molar-refractivity contribution >= 4 is 0 Å². The highest BCUT2D eigenvalue weighted by atomic mass is 16.5. The topological polar surface area (TPSA) is 21.7 Å². The lowest BCUT2D eigenvalue weighted by molar-refractivity contribution is 0.00777. The second-order valence-electron chi connectivity index (χ2n) is 2.96. The monoisotopic (exact) mass is 159 g/mol. The maximum Gasteiger partial charge on any atom is 0.0670 e. The van der Waals surface area contributed by atoms with Crippen LogP contribution in [0.4, 0.5) is 0 Å². The molecule has 0 radical (unpaired) electrons. The second kappa shape index (κ2) is 4.70. The highest BCUT2D eigenvalue weighted by Crippen LogP contribution is 1.99. The van der Waals surface area contributed by atoms with Gasteiger partial charge in [0.1, 0.15) is 0 Å². The van der Waals surface area contributed by atoms with Gasteiger partial charge in [-0.15, -0.1) is 0 Å². The molecule has 1 atom stereocenters. The highest BCUT2D eigenvalue weighted by Gasteiger charge is 2.12. The zero-order chi connectivity index (χ0) is 8.10. The summed E-state index contributed by atoms with van der Waals surface area (Å²) in [5.74, 6) is 0. The number of morpholine rings is 1. The van der Waals surface area contributed by atoms with Crippen molar-refractivity contribution in [1.82, 2.24) is 4.90 Å². The molecule has 0 saturated carbocycles. The van der Waals surface area contributed by atoms with Gasteiger partial charge in [0.25, 0.3) is 0 Å². The molecule has 0 bridgehead atoms. The Morgan fingerprint density at radius 3 is 2.64 bits per heavy atom. The molecule has 3 nitrogen and oxygen atoms in total. The molecule has 1 rings (SSSR count). The molecule has 1 saturated heterocycles. The maximum absolute atomic E-state index is 5.23. The normalized spacial score (nSPS) is 23.5. The van der Waals surface area contributed by atoms with Crippen LogP contribution in [0.5, 0.6) is 0 Å². The predicted octanol–water partition coefficient (Wildman–Crippen LogP) is 0.353. The van der Waals surface area contributed by atoms with Crippen LogP contribution in [0.2, 0.25) is 0 Å². The van der Waals surface area contributed by atoms with Crippen molar-refractivity contribution in [3.63, 3.8) is 0 Å². The Morgan fingerprint density at radius 1 is 1.45 bits per heavy atom. The maximum atomic E-state index is 5.23. The molecule has 0 N–H and O–H groups in total. The molecule has 0 aliphatic carbocycles. The van der Waals surface area contributed by atoms with E-state index in [1.807, 2.05) is 0 Å². The Hall–Kier alpha value is -0.120. The number of ether oxygens (including phenoxy) is 2. The molecule has 0 amide bonds. The van der Waals surface area contributed by atoms with E-state index >= 15 is 0 Å². The average Bonchev–Trinajstić information content (AvgIpc) is 2.06. The van der Waals surface area contributed by atoms with Crippen LogP contribution in [0.1, 0.15) is 6.92 Å². The quantitative estimate of drug-likeness (QED) is 0.593. The molecule has 11 heavy (non-hydrogen) atoms. The predicted molar refractivity (Wildman–Crippen MR) is 43.7 cm³/mol. The molecule has 0 aromatic rings. The van der Waals surface area contributed by atoms with E-state index in [1.54, 1.807) is 7.11 Å². The Labute approximate surface area is 68.3 Å². The largest absolute Gasteiger partial charge is 0.380 e. The second-order valence-corrected chi connectivity index (χ2v) is 2.96. The van der Waals surface area contributed by atoms with Gasteiger partial charge in [-0.25, -0.2) is 0 Å². The van der Waals surface area contributed by atoms with Crippen LogP contribution in [-0.4, -0.2) is 51.0 Å². The van der Waals surface area contributed by atoms with Crippen LogP contribution in [0.25, 0.3) is 0 Å². The zero-order valence-corrected chi connectivity index (χ0v) is 7.38. The van der Waals surface area contributed by atoms with Gasteiger partial charge in [0.2, 0.25) is 0 Å². The van der Waals surface area contributed by atoms with Crippen LogP contribution >= 0.6 is 0 Å². The van der Waals surface area contributed by atoms with E-state index in [2.05, 4.69) is 11.8 Å². The molecule has 1 heterocycles. The van der Waals surface area contributed by atoms with Crippen LogP contribution in [0.3, 0.4) is 0 Å². The summed E-state index contributed by atoms with van der Waals surface area (Å²) in [5.41, 5.74) is 0. The Balaban J connectivity index is 2.13. The minimum Gasteiger partial charge on any atom is -0.380 e. The van der Waals surface area contributed by atoms with E-state index in [0.717, 1.165) is 32.8 Å². The molecule has 0 spiro atoms. The first-order chi connectivity index (χ1) is 5.33. The van der Waals surface area contributed by atoms with Gasteiger partial charge in [-0.1, -0.05) is 0 Å². The minimum atomic E-state index is 0.341. The molecule has 66 valence electrons. The fraction of sp³-hybridized carbons (Fsp3) is 1.00. The molecule has 1 fully saturated rings. The summed E-state index contributed by atoms with van der Waals surface area (Å²) in [7, 11) is 1.76. The highest BCUT2D eigenvalue weighted by molar-refractivity contribution is 4.64. The number of methoxy groups -OCH3 is 1. The van der Waals surface area contributed by atoms with Gasteiger partial charge in [-0.3, -0.25) is 4.90 Å². The van der Waals surface area contributed by atoms with Crippen molar-refractivity contribution in [2.45, 2.75) is 13.0 Å². The molecule has 3 heteroatoms. The number of hydrogen-bond donors (Lipinski definition) is 0. The summed E-state index contributed by atoms with van der Waals surface area (Å²) >= 11 is 0. The molecule has 1 aliphatic heterocycles. The summed E-state index contributed by atoms with van der Waals surface area (Å²) in [6, 6.07) is 0. The molecular formula is C8H17NO2. The van der Waals surface area contributed by atoms with Crippen LogP contribution in [0.15, 0.2) is 0 Å². The first-order valence-corrected chi connectivity index (χ1v) is 4.16. The lowest BCUT2D eigenvalue weighted by Gasteiger charge is -2.28. The minimum absolute atomic E-state index is 0.341. The molecule has 1 unspecified atom stereocenters. The van der Waals surface area contributed by atoms with E-state index in [9.17, 15) is 0 Å². The third kappa shape index (κ3) is 3.18. The SMILES string of the molecule is COC(C)CN1CCOCC1. The Bertz CT molecular complexity index is 102. The van der Waals surface area contributed by atoms with Gasteiger partial charge >= 0.3 is 0 Å². The molecule has 1 aliphatic rings. The van der Waals surface area contributed by atoms with Crippen molar-refractivity contribution < 1.29 is 9.47 Å². The van der Waals surface area contributed by atoms with Gasteiger partial charge in [0, 0.05) is 26.7 Å². The first kappa shape index (κ1) is 8.97. The Kier molecular flexibility index (Phi) is 3.83. The van der Waals surface area contributed by atoms with E-state index in [4.69, 9.17) is 9.47 Å². The van der Waals surface area contributed by atoms with Gasteiger partial charge in [0.05, 0.1) is 19.3 Å². The van der Waals surface area contributed by atoms with Crippen LogP contribution in [0, 0.1) is 0 Å². The summed E-state index contributed by atoms with van der Waals surface area (Å²) < 4.78 is 10.4. The van der Waals surface area contributed by atoms with E-state index in [1.165, 1.54) is 0 Å². The van der Waals surface area contributed by atoms with Gasteiger partial charge < -0.3 is 9.47 Å². The number of nitrogens with zero attached hydrogens (tertiary/aromatic N) is 1. The van der Waals surface area contributed by atoms with Crippen LogP contribution < -0.4 is 0 Å². The summed E-state index contributed by atoms with van der Waals surface area (Å²) in [6.45, 7) is 6.96. The lowest BCUT2D eigenvalue weighted by atomic mass is 10.3. The fourth-order valence-corrected chi connectivity index (χ4v) is 1.22. The van der Waals surface area contributed by atoms with Crippen molar-refractivity contribution in [3.05, 3.63) is 0 Å². The van der Waals surface area contributed by atoms with Crippen molar-refractivity contribution in [3.8, 4) is 0 Å². The van der Waals surface area contributed by atoms with Gasteiger partial charge in [-0.2, -0.15) is 0 Å². The third-order valence-corrected chi connectivity index (χ3v) is 2.02. The van der Waals surface area contributed by atoms with Gasteiger partial charge in [-0.05, 0) is 6.92 Å². The fourth-order valence-electron chi connectivity index (χ4n) is 1.22. The van der Waals surface area contributed by atoms with E-state index < -0.39 is 0 Å². The first-order valence-electron chi connectivity index (χ1n) is 4.16. The summed E-state index contributed by atoms with van der Waals surface area (Å²) in [6.07, 6.45) is 0.341. The molecule has 0 aromatic carbocycles.